The molecule has 0 aliphatic carbocycles. The lowest BCUT2D eigenvalue weighted by molar-refractivity contribution is 0.245. The van der Waals surface area contributed by atoms with Gasteiger partial charge in [-0.1, -0.05) is 13.8 Å². The lowest BCUT2D eigenvalue weighted by Gasteiger charge is -2.23. The van der Waals surface area contributed by atoms with Gasteiger partial charge in [0.25, 0.3) is 0 Å². The molecule has 0 aliphatic rings. The molecule has 2 heterocycles. The SMILES string of the molecule is Cc1nc(C(C)N(C)Cc2ccnc(C(C)C)n2)c(C)s1. The number of aromatic nitrogens is 3. The van der Waals surface area contributed by atoms with Crippen LogP contribution in [0, 0.1) is 13.8 Å². The Morgan fingerprint density at radius 2 is 1.90 bits per heavy atom. The summed E-state index contributed by atoms with van der Waals surface area (Å²) in [5.74, 6) is 1.27. The smallest absolute Gasteiger partial charge is 0.131 e. The van der Waals surface area contributed by atoms with Gasteiger partial charge in [-0.25, -0.2) is 15.0 Å². The summed E-state index contributed by atoms with van der Waals surface area (Å²) in [7, 11) is 2.12. The predicted octanol–water partition coefficient (Wildman–Crippen LogP) is 3.87. The fraction of sp³-hybridized carbons (Fsp3) is 0.562. The van der Waals surface area contributed by atoms with Crippen LogP contribution in [0.4, 0.5) is 0 Å². The second-order valence-electron chi connectivity index (χ2n) is 5.83. The normalized spacial score (nSPS) is 13.1. The van der Waals surface area contributed by atoms with Crippen LogP contribution < -0.4 is 0 Å². The summed E-state index contributed by atoms with van der Waals surface area (Å²) in [6.07, 6.45) is 1.86. The van der Waals surface area contributed by atoms with Gasteiger partial charge >= 0.3 is 0 Å². The van der Waals surface area contributed by atoms with Crippen LogP contribution in [0.3, 0.4) is 0 Å². The highest BCUT2D eigenvalue weighted by Crippen LogP contribution is 2.26. The Labute approximate surface area is 131 Å². The molecular formula is C16H24N4S. The maximum absolute atomic E-state index is 4.66. The summed E-state index contributed by atoms with van der Waals surface area (Å²) in [6, 6.07) is 2.28. The predicted molar refractivity (Wildman–Crippen MR) is 87.6 cm³/mol. The van der Waals surface area contributed by atoms with E-state index in [1.54, 1.807) is 11.3 Å². The van der Waals surface area contributed by atoms with Crippen LogP contribution in [0.1, 0.15) is 59.8 Å². The molecule has 0 spiro atoms. The van der Waals surface area contributed by atoms with Crippen LogP contribution >= 0.6 is 11.3 Å². The van der Waals surface area contributed by atoms with Crippen molar-refractivity contribution < 1.29 is 0 Å². The number of thiazole rings is 1. The lowest BCUT2D eigenvalue weighted by Crippen LogP contribution is -2.23. The molecule has 0 fully saturated rings. The van der Waals surface area contributed by atoms with Crippen molar-refractivity contribution in [2.75, 3.05) is 7.05 Å². The number of nitrogens with zero attached hydrogens (tertiary/aromatic N) is 4. The van der Waals surface area contributed by atoms with Crippen molar-refractivity contribution >= 4 is 11.3 Å². The molecule has 2 aromatic rings. The first kappa shape index (κ1) is 16.0. The van der Waals surface area contributed by atoms with E-state index >= 15 is 0 Å². The zero-order valence-electron chi connectivity index (χ0n) is 13.7. The number of rotatable bonds is 5. The van der Waals surface area contributed by atoms with Gasteiger partial charge in [-0.2, -0.15) is 0 Å². The van der Waals surface area contributed by atoms with Crippen molar-refractivity contribution in [3.63, 3.8) is 0 Å². The largest absolute Gasteiger partial charge is 0.292 e. The first-order valence-corrected chi connectivity index (χ1v) is 8.16. The van der Waals surface area contributed by atoms with E-state index in [-0.39, 0.29) is 6.04 Å². The molecule has 2 rings (SSSR count). The van der Waals surface area contributed by atoms with Crippen LogP contribution in [-0.2, 0) is 6.54 Å². The minimum absolute atomic E-state index is 0.285. The van der Waals surface area contributed by atoms with Gasteiger partial charge in [0.1, 0.15) is 5.82 Å². The van der Waals surface area contributed by atoms with Crippen LogP contribution in [-0.4, -0.2) is 26.9 Å². The molecule has 1 unspecified atom stereocenters. The van der Waals surface area contributed by atoms with Gasteiger partial charge in [-0.15, -0.1) is 11.3 Å². The second kappa shape index (κ2) is 6.62. The van der Waals surface area contributed by atoms with Crippen molar-refractivity contribution in [1.82, 2.24) is 19.9 Å². The van der Waals surface area contributed by atoms with Crippen LogP contribution in [0.2, 0.25) is 0 Å². The topological polar surface area (TPSA) is 41.9 Å². The second-order valence-corrected chi connectivity index (χ2v) is 7.23. The maximum atomic E-state index is 4.66. The minimum atomic E-state index is 0.285. The molecule has 21 heavy (non-hydrogen) atoms. The van der Waals surface area contributed by atoms with E-state index in [1.165, 1.54) is 10.6 Å². The maximum Gasteiger partial charge on any atom is 0.131 e. The molecular weight excluding hydrogens is 280 g/mol. The summed E-state index contributed by atoms with van der Waals surface area (Å²) < 4.78 is 0. The number of aryl methyl sites for hydroxylation is 2. The molecule has 114 valence electrons. The Kier molecular flexibility index (Phi) is 5.06. The van der Waals surface area contributed by atoms with E-state index in [0.29, 0.717) is 5.92 Å². The highest BCUT2D eigenvalue weighted by molar-refractivity contribution is 7.11. The molecule has 1 atom stereocenters. The van der Waals surface area contributed by atoms with Gasteiger partial charge in [-0.05, 0) is 33.9 Å². The Bertz CT molecular complexity index is 606. The van der Waals surface area contributed by atoms with E-state index in [4.69, 9.17) is 0 Å². The van der Waals surface area contributed by atoms with Gasteiger partial charge in [0.2, 0.25) is 0 Å². The Hall–Kier alpha value is -1.33. The third-order valence-corrected chi connectivity index (χ3v) is 4.56. The summed E-state index contributed by atoms with van der Waals surface area (Å²) in [4.78, 5) is 17.2. The average Bonchev–Trinajstić information content (AvgIpc) is 2.77. The average molecular weight is 304 g/mol. The minimum Gasteiger partial charge on any atom is -0.292 e. The molecule has 5 heteroatoms. The van der Waals surface area contributed by atoms with E-state index in [2.05, 4.69) is 61.5 Å². The summed E-state index contributed by atoms with van der Waals surface area (Å²) in [5, 5.41) is 1.13. The monoisotopic (exact) mass is 304 g/mol. The Morgan fingerprint density at radius 1 is 1.19 bits per heavy atom. The fourth-order valence-corrected chi connectivity index (χ4v) is 3.22. The summed E-state index contributed by atoms with van der Waals surface area (Å²) in [6.45, 7) is 11.4. The van der Waals surface area contributed by atoms with Crippen LogP contribution in [0.25, 0.3) is 0 Å². The lowest BCUT2D eigenvalue weighted by atomic mass is 10.2. The van der Waals surface area contributed by atoms with Crippen LogP contribution in [0.5, 0.6) is 0 Å². The van der Waals surface area contributed by atoms with E-state index in [0.717, 1.165) is 23.1 Å². The zero-order chi connectivity index (χ0) is 15.6. The number of hydrogen-bond acceptors (Lipinski definition) is 5. The van der Waals surface area contributed by atoms with E-state index < -0.39 is 0 Å². The molecule has 0 aromatic carbocycles. The summed E-state index contributed by atoms with van der Waals surface area (Å²) in [5.41, 5.74) is 2.24. The molecule has 4 nitrogen and oxygen atoms in total. The van der Waals surface area contributed by atoms with Crippen molar-refractivity contribution in [3.8, 4) is 0 Å². The van der Waals surface area contributed by atoms with Crippen LogP contribution in [0.15, 0.2) is 12.3 Å². The molecule has 0 saturated heterocycles. The summed E-state index contributed by atoms with van der Waals surface area (Å²) >= 11 is 1.76. The van der Waals surface area contributed by atoms with Crippen molar-refractivity contribution in [2.45, 2.75) is 53.1 Å². The fourth-order valence-electron chi connectivity index (χ4n) is 2.31. The standard InChI is InChI=1S/C16H24N4S/c1-10(2)16-17-8-7-14(19-16)9-20(6)11(3)15-12(4)21-13(5)18-15/h7-8,10-11H,9H2,1-6H3. The van der Waals surface area contributed by atoms with Gasteiger partial charge in [0, 0.05) is 23.5 Å². The molecule has 2 aromatic heterocycles. The molecule has 0 aliphatic heterocycles. The van der Waals surface area contributed by atoms with Gasteiger partial charge in [0.15, 0.2) is 0 Å². The van der Waals surface area contributed by atoms with Gasteiger partial charge in [0.05, 0.1) is 22.4 Å². The third-order valence-electron chi connectivity index (χ3n) is 3.66. The third kappa shape index (κ3) is 3.86. The quantitative estimate of drug-likeness (QED) is 0.841. The molecule has 0 amide bonds. The molecule has 0 bridgehead atoms. The Balaban J connectivity index is 2.12. The zero-order valence-corrected chi connectivity index (χ0v) is 14.5. The molecule has 0 N–H and O–H groups in total. The highest BCUT2D eigenvalue weighted by Gasteiger charge is 2.18. The molecule has 0 saturated carbocycles. The van der Waals surface area contributed by atoms with Crippen molar-refractivity contribution in [1.29, 1.82) is 0 Å². The van der Waals surface area contributed by atoms with E-state index in [9.17, 15) is 0 Å². The first-order valence-electron chi connectivity index (χ1n) is 7.34. The number of hydrogen-bond donors (Lipinski definition) is 0. The van der Waals surface area contributed by atoms with Crippen molar-refractivity contribution in [2.24, 2.45) is 0 Å². The van der Waals surface area contributed by atoms with Crippen molar-refractivity contribution in [3.05, 3.63) is 39.4 Å². The highest BCUT2D eigenvalue weighted by atomic mass is 32.1. The van der Waals surface area contributed by atoms with Gasteiger partial charge in [-0.3, -0.25) is 4.90 Å². The first-order chi connectivity index (χ1) is 9.88. The molecule has 0 radical (unpaired) electrons. The van der Waals surface area contributed by atoms with Gasteiger partial charge < -0.3 is 0 Å². The van der Waals surface area contributed by atoms with E-state index in [1.807, 2.05) is 12.3 Å². The Morgan fingerprint density at radius 3 is 2.48 bits per heavy atom.